The Morgan fingerprint density at radius 3 is 2.90 bits per heavy atom. The first kappa shape index (κ1) is 13.3. The second-order valence-electron chi connectivity index (χ2n) is 4.06. The summed E-state index contributed by atoms with van der Waals surface area (Å²) in [5, 5.41) is 11.2. The summed E-state index contributed by atoms with van der Waals surface area (Å²) in [5.74, 6) is -0.491. The minimum Gasteiger partial charge on any atom is -0.394 e. The van der Waals surface area contributed by atoms with E-state index in [0.29, 0.717) is 14.8 Å². The van der Waals surface area contributed by atoms with E-state index in [-0.39, 0.29) is 17.4 Å². The van der Waals surface area contributed by atoms with Gasteiger partial charge in [-0.1, -0.05) is 0 Å². The number of hydrazine groups is 1. The van der Waals surface area contributed by atoms with Gasteiger partial charge in [0.25, 0.3) is 0 Å². The second-order valence-corrected chi connectivity index (χ2v) is 5.14. The van der Waals surface area contributed by atoms with Crippen molar-refractivity contribution < 1.29 is 14.3 Å². The van der Waals surface area contributed by atoms with Crippen LogP contribution in [0.5, 0.6) is 0 Å². The van der Waals surface area contributed by atoms with E-state index in [9.17, 15) is 14.3 Å². The zero-order valence-electron chi connectivity index (χ0n) is 10.0. The lowest BCUT2D eigenvalue weighted by Gasteiger charge is -2.24. The molecule has 0 saturated carbocycles. The van der Waals surface area contributed by atoms with Crippen LogP contribution in [0, 0.1) is 9.39 Å². The average Bonchev–Trinajstić information content (AvgIpc) is 2.96. The van der Waals surface area contributed by atoms with E-state index in [1.807, 2.05) is 22.6 Å². The first-order valence-electron chi connectivity index (χ1n) is 5.64. The van der Waals surface area contributed by atoms with E-state index in [4.69, 9.17) is 4.84 Å². The Kier molecular flexibility index (Phi) is 3.36. The molecule has 1 aromatic heterocycles. The van der Waals surface area contributed by atoms with E-state index in [2.05, 4.69) is 5.59 Å². The monoisotopic (exact) mass is 389 g/mol. The van der Waals surface area contributed by atoms with Crippen LogP contribution in [-0.2, 0) is 11.4 Å². The van der Waals surface area contributed by atoms with Crippen molar-refractivity contribution in [1.29, 1.82) is 0 Å². The summed E-state index contributed by atoms with van der Waals surface area (Å²) in [7, 11) is 0. The summed E-state index contributed by atoms with van der Waals surface area (Å²) in [6.45, 7) is -0.340. The Bertz CT molecular complexity index is 775. The van der Waals surface area contributed by atoms with Crippen molar-refractivity contribution in [3.05, 3.63) is 56.0 Å². The van der Waals surface area contributed by atoms with Gasteiger partial charge < -0.3 is 9.94 Å². The van der Waals surface area contributed by atoms with Crippen LogP contribution in [0.15, 0.2) is 35.5 Å². The summed E-state index contributed by atoms with van der Waals surface area (Å²) in [6.07, 6.45) is 2.98. The van der Waals surface area contributed by atoms with Gasteiger partial charge in [0.1, 0.15) is 12.1 Å². The molecular weight excluding hydrogens is 380 g/mol. The van der Waals surface area contributed by atoms with Crippen LogP contribution < -0.4 is 16.1 Å². The molecule has 2 N–H and O–H groups in total. The number of aliphatic hydroxyl groups is 1. The minimum absolute atomic E-state index is 0.230. The largest absolute Gasteiger partial charge is 0.394 e. The summed E-state index contributed by atoms with van der Waals surface area (Å²) in [5.41, 5.74) is 3.11. The summed E-state index contributed by atoms with van der Waals surface area (Å²) >= 11 is 1.84. The number of nitrogens with one attached hydrogen (secondary N) is 1. The van der Waals surface area contributed by atoms with Crippen molar-refractivity contribution in [3.63, 3.8) is 0 Å². The number of rotatable bonds is 2. The van der Waals surface area contributed by atoms with Crippen molar-refractivity contribution in [2.24, 2.45) is 0 Å². The highest BCUT2D eigenvalue weighted by atomic mass is 127. The molecule has 0 saturated heterocycles. The van der Waals surface area contributed by atoms with E-state index in [1.54, 1.807) is 10.9 Å². The van der Waals surface area contributed by atoms with Crippen molar-refractivity contribution in [3.8, 4) is 0 Å². The van der Waals surface area contributed by atoms with E-state index >= 15 is 0 Å². The molecule has 1 aliphatic heterocycles. The number of aromatic nitrogens is 1. The summed E-state index contributed by atoms with van der Waals surface area (Å²) in [4.78, 5) is 17.1. The Morgan fingerprint density at radius 1 is 1.45 bits per heavy atom. The van der Waals surface area contributed by atoms with Crippen LogP contribution in [0.2, 0.25) is 0 Å². The maximum atomic E-state index is 13.4. The molecule has 0 atom stereocenters. The topological polar surface area (TPSA) is 66.7 Å². The Balaban J connectivity index is 2.43. The van der Waals surface area contributed by atoms with Crippen LogP contribution >= 0.6 is 22.6 Å². The Hall–Kier alpha value is -1.65. The number of pyridine rings is 1. The van der Waals surface area contributed by atoms with Crippen molar-refractivity contribution in [1.82, 2.24) is 10.3 Å². The number of halogens is 2. The molecule has 0 bridgehead atoms. The first-order chi connectivity index (χ1) is 9.63. The highest BCUT2D eigenvalue weighted by Crippen LogP contribution is 2.20. The lowest BCUT2D eigenvalue weighted by atomic mass is 10.2. The number of fused-ring (bicyclic) bond motifs is 1. The molecule has 0 radical (unpaired) electrons. The molecule has 20 heavy (non-hydrogen) atoms. The van der Waals surface area contributed by atoms with Gasteiger partial charge >= 0.3 is 0 Å². The summed E-state index contributed by atoms with van der Waals surface area (Å²) in [6, 6.07) is 3.92. The molecule has 2 heterocycles. The highest BCUT2D eigenvalue weighted by Gasteiger charge is 2.19. The lowest BCUT2D eigenvalue weighted by molar-refractivity contribution is 0.138. The molecule has 1 aromatic carbocycles. The van der Waals surface area contributed by atoms with E-state index in [0.717, 1.165) is 0 Å². The molecule has 0 aliphatic carbocycles. The molecular formula is C12H9FIN3O3. The smallest absolute Gasteiger partial charge is 0.203 e. The maximum absolute atomic E-state index is 13.4. The summed E-state index contributed by atoms with van der Waals surface area (Å²) < 4.78 is 15.3. The Labute approximate surface area is 126 Å². The van der Waals surface area contributed by atoms with Crippen LogP contribution in [0.4, 0.5) is 4.39 Å². The normalized spacial score (nSPS) is 14.1. The van der Waals surface area contributed by atoms with Gasteiger partial charge in [0.05, 0.1) is 33.0 Å². The van der Waals surface area contributed by atoms with Gasteiger partial charge in [-0.3, -0.25) is 4.79 Å². The standard InChI is InChI=1S/C12H9FIN3O3/c13-7-1-2-9-8(5-7)12(19)11(14)10(6-18)17(9)16-3-4-20-15-16/h1-5,15,18H,6H2. The van der Waals surface area contributed by atoms with Crippen LogP contribution in [0.3, 0.4) is 0 Å². The SMILES string of the molecule is O=c1c(I)c(CO)n(N2C=CON2)c2ccc(F)cc12. The van der Waals surface area contributed by atoms with Gasteiger partial charge in [0.2, 0.25) is 5.43 Å². The second kappa shape index (κ2) is 5.04. The van der Waals surface area contributed by atoms with Gasteiger partial charge in [0, 0.05) is 0 Å². The van der Waals surface area contributed by atoms with Gasteiger partial charge in [0.15, 0.2) is 0 Å². The number of benzene rings is 1. The molecule has 6 nitrogen and oxygen atoms in total. The predicted octanol–water partition coefficient (Wildman–Crippen LogP) is 1.10. The highest BCUT2D eigenvalue weighted by molar-refractivity contribution is 14.1. The molecule has 8 heteroatoms. The molecule has 104 valence electrons. The van der Waals surface area contributed by atoms with Crippen LogP contribution in [0.1, 0.15) is 5.69 Å². The van der Waals surface area contributed by atoms with Gasteiger partial charge in [-0.05, 0) is 46.4 Å². The van der Waals surface area contributed by atoms with Gasteiger partial charge in [-0.2, -0.15) is 5.12 Å². The number of aliphatic hydroxyl groups excluding tert-OH is 1. The first-order valence-corrected chi connectivity index (χ1v) is 6.72. The predicted molar refractivity (Wildman–Crippen MR) is 78.4 cm³/mol. The lowest BCUT2D eigenvalue weighted by Crippen LogP contribution is -2.41. The van der Waals surface area contributed by atoms with Crippen LogP contribution in [0.25, 0.3) is 10.9 Å². The molecule has 3 rings (SSSR count). The van der Waals surface area contributed by atoms with Gasteiger partial charge in [-0.25, -0.2) is 9.07 Å². The number of hydrogen-bond acceptors (Lipinski definition) is 5. The fourth-order valence-electron chi connectivity index (χ4n) is 2.06. The third-order valence-electron chi connectivity index (χ3n) is 2.92. The zero-order chi connectivity index (χ0) is 14.3. The van der Waals surface area contributed by atoms with Crippen molar-refractivity contribution in [2.75, 3.05) is 5.12 Å². The molecule has 2 aromatic rings. The quantitative estimate of drug-likeness (QED) is 0.754. The Morgan fingerprint density at radius 2 is 2.25 bits per heavy atom. The van der Waals surface area contributed by atoms with Crippen molar-refractivity contribution in [2.45, 2.75) is 6.61 Å². The number of nitrogens with zero attached hydrogens (tertiary/aromatic N) is 2. The fraction of sp³-hybridized carbons (Fsp3) is 0.0833. The fourth-order valence-corrected chi connectivity index (χ4v) is 2.75. The molecule has 0 unspecified atom stereocenters. The number of hydrogen-bond donors (Lipinski definition) is 2. The molecule has 0 fully saturated rings. The maximum Gasteiger partial charge on any atom is 0.203 e. The van der Waals surface area contributed by atoms with Crippen LogP contribution in [-0.4, -0.2) is 9.78 Å². The molecule has 0 amide bonds. The zero-order valence-corrected chi connectivity index (χ0v) is 12.2. The van der Waals surface area contributed by atoms with E-state index in [1.165, 1.54) is 29.6 Å². The third-order valence-corrected chi connectivity index (χ3v) is 4.03. The third kappa shape index (κ3) is 1.96. The minimum atomic E-state index is -0.491. The molecule has 0 spiro atoms. The molecule has 1 aliphatic rings. The van der Waals surface area contributed by atoms with E-state index < -0.39 is 5.82 Å². The average molecular weight is 389 g/mol. The van der Waals surface area contributed by atoms with Crippen molar-refractivity contribution >= 4 is 33.5 Å². The van der Waals surface area contributed by atoms with Gasteiger partial charge in [-0.15, -0.1) is 0 Å².